The molecule has 0 aliphatic rings. The molecule has 0 atom stereocenters. The van der Waals surface area contributed by atoms with E-state index in [2.05, 4.69) is 11.3 Å². The molecule has 0 aliphatic heterocycles. The third kappa shape index (κ3) is 7.58. The first-order valence-corrected chi connectivity index (χ1v) is 2.58. The van der Waals surface area contributed by atoms with Crippen molar-refractivity contribution in [3.8, 4) is 0 Å². The first-order chi connectivity index (χ1) is 4.54. The maximum atomic E-state index is 10.5. The van der Waals surface area contributed by atoms with Crippen LogP contribution >= 0.6 is 0 Å². The summed E-state index contributed by atoms with van der Waals surface area (Å²) >= 11 is 0. The van der Waals surface area contributed by atoms with Gasteiger partial charge in [0.15, 0.2) is 6.61 Å². The summed E-state index contributed by atoms with van der Waals surface area (Å²) in [6, 6.07) is 0. The van der Waals surface area contributed by atoms with Crippen LogP contribution in [0.4, 0.5) is 0 Å². The van der Waals surface area contributed by atoms with E-state index in [1.54, 1.807) is 0 Å². The van der Waals surface area contributed by atoms with Crippen molar-refractivity contribution in [2.45, 2.75) is 6.92 Å². The molecule has 57 valence electrons. The van der Waals surface area contributed by atoms with Crippen molar-refractivity contribution in [1.29, 1.82) is 0 Å². The van der Waals surface area contributed by atoms with E-state index in [1.165, 1.54) is 6.92 Å². The van der Waals surface area contributed by atoms with E-state index in [1.807, 2.05) is 0 Å². The Balaban J connectivity index is 0. The van der Waals surface area contributed by atoms with E-state index in [-0.39, 0.29) is 35.1 Å². The van der Waals surface area contributed by atoms with Crippen molar-refractivity contribution in [3.05, 3.63) is 12.2 Å². The maximum Gasteiger partial charge on any atom is 0.341 e. The smallest absolute Gasteiger partial charge is 0.341 e. The largest absolute Gasteiger partial charge is 0.479 e. The number of carboxylic acids is 1. The Morgan fingerprint density at radius 3 is 2.27 bits per heavy atom. The number of carboxylic acid groups (broad SMARTS) is 1. The molecule has 1 radical (unpaired) electrons. The number of ether oxygens (including phenoxy) is 1. The maximum absolute atomic E-state index is 10.5. The van der Waals surface area contributed by atoms with E-state index in [4.69, 9.17) is 5.11 Å². The molecule has 0 heterocycles. The van der Waals surface area contributed by atoms with Crippen molar-refractivity contribution in [3.63, 3.8) is 0 Å². The molecule has 0 saturated carbocycles. The minimum atomic E-state index is -1.17. The van der Waals surface area contributed by atoms with Crippen LogP contribution in [0.1, 0.15) is 6.92 Å². The predicted molar refractivity (Wildman–Crippen MR) is 39.2 cm³/mol. The molecule has 0 saturated heterocycles. The summed E-state index contributed by atoms with van der Waals surface area (Å²) in [5.74, 6) is -1.85. The van der Waals surface area contributed by atoms with Gasteiger partial charge in [-0.2, -0.15) is 0 Å². The molecule has 0 aromatic carbocycles. The Labute approximate surface area is 86.5 Å². The van der Waals surface area contributed by atoms with E-state index < -0.39 is 18.5 Å². The average Bonchev–Trinajstić information content (AvgIpc) is 1.82. The zero-order valence-corrected chi connectivity index (χ0v) is 8.59. The van der Waals surface area contributed by atoms with E-state index in [9.17, 15) is 9.59 Å². The number of aliphatic carboxylic acids is 1. The minimum Gasteiger partial charge on any atom is -0.479 e. The average molecular weight is 167 g/mol. The number of esters is 1. The summed E-state index contributed by atoms with van der Waals surface area (Å²) in [4.78, 5) is 20.3. The molecule has 0 fully saturated rings. The van der Waals surface area contributed by atoms with Crippen LogP contribution in [0.15, 0.2) is 12.2 Å². The number of hydrogen-bond acceptors (Lipinski definition) is 3. The standard InChI is InChI=1S/C6H8O4.Na/c1-4(2)6(9)10-3-5(7)8;/h1,3H2,2H3,(H,7,8);. The van der Waals surface area contributed by atoms with Crippen LogP contribution in [0.2, 0.25) is 0 Å². The molecular formula is C6H8NaO4. The van der Waals surface area contributed by atoms with Crippen LogP contribution in [-0.2, 0) is 14.3 Å². The predicted octanol–water partition coefficient (Wildman–Crippen LogP) is -0.190. The fourth-order valence-electron chi connectivity index (χ4n) is 0.250. The minimum absolute atomic E-state index is 0. The first-order valence-electron chi connectivity index (χ1n) is 2.58. The summed E-state index contributed by atoms with van der Waals surface area (Å²) in [6.45, 7) is 4.11. The van der Waals surface area contributed by atoms with Gasteiger partial charge in [-0.3, -0.25) is 0 Å². The normalized spacial score (nSPS) is 7.73. The first kappa shape index (κ1) is 13.3. The van der Waals surface area contributed by atoms with Gasteiger partial charge < -0.3 is 9.84 Å². The molecular weight excluding hydrogens is 159 g/mol. The van der Waals surface area contributed by atoms with Gasteiger partial charge in [-0.1, -0.05) is 6.58 Å². The van der Waals surface area contributed by atoms with Gasteiger partial charge in [0.25, 0.3) is 0 Å². The van der Waals surface area contributed by atoms with Crippen molar-refractivity contribution in [2.24, 2.45) is 0 Å². The molecule has 0 spiro atoms. The Bertz CT molecular complexity index is 175. The van der Waals surface area contributed by atoms with Crippen molar-refractivity contribution < 1.29 is 19.4 Å². The number of hydrogen-bond donors (Lipinski definition) is 1. The third-order valence-electron chi connectivity index (χ3n) is 0.675. The Morgan fingerprint density at radius 1 is 1.55 bits per heavy atom. The molecule has 0 aromatic heterocycles. The van der Waals surface area contributed by atoms with Gasteiger partial charge in [-0.05, 0) is 6.92 Å². The quantitative estimate of drug-likeness (QED) is 0.359. The fraction of sp³-hybridized carbons (Fsp3) is 0.333. The van der Waals surface area contributed by atoms with Crippen molar-refractivity contribution >= 4 is 41.5 Å². The summed E-state index contributed by atoms with van der Waals surface area (Å²) in [6.07, 6.45) is 0. The van der Waals surface area contributed by atoms with Crippen LogP contribution in [-0.4, -0.2) is 53.2 Å². The second-order valence-corrected chi connectivity index (χ2v) is 1.75. The monoisotopic (exact) mass is 167 g/mol. The van der Waals surface area contributed by atoms with Crippen LogP contribution < -0.4 is 0 Å². The van der Waals surface area contributed by atoms with Crippen LogP contribution in [0, 0.1) is 0 Å². The number of carbonyl (C=O) groups is 2. The number of carbonyl (C=O) groups excluding carboxylic acids is 1. The molecule has 0 amide bonds. The summed E-state index contributed by atoms with van der Waals surface area (Å²) in [5, 5.41) is 8.04. The van der Waals surface area contributed by atoms with Gasteiger partial charge in [0, 0.05) is 35.1 Å². The molecule has 1 N–H and O–H groups in total. The van der Waals surface area contributed by atoms with Crippen molar-refractivity contribution in [2.75, 3.05) is 6.61 Å². The van der Waals surface area contributed by atoms with Gasteiger partial charge in [-0.25, -0.2) is 9.59 Å². The van der Waals surface area contributed by atoms with E-state index in [0.717, 1.165) is 0 Å². The Kier molecular flexibility index (Phi) is 7.72. The van der Waals surface area contributed by atoms with Crippen LogP contribution in [0.5, 0.6) is 0 Å². The molecule has 0 unspecified atom stereocenters. The summed E-state index contributed by atoms with van der Waals surface area (Å²) < 4.78 is 4.23. The zero-order valence-electron chi connectivity index (χ0n) is 6.59. The summed E-state index contributed by atoms with van der Waals surface area (Å²) in [5.41, 5.74) is 0.196. The van der Waals surface area contributed by atoms with Crippen LogP contribution in [0.25, 0.3) is 0 Å². The third-order valence-corrected chi connectivity index (χ3v) is 0.675. The SMILES string of the molecule is C=C(C)C(=O)OCC(=O)O.[Na]. The van der Waals surface area contributed by atoms with Gasteiger partial charge in [0.05, 0.1) is 0 Å². The Morgan fingerprint density at radius 2 is 2.00 bits per heavy atom. The molecule has 5 heteroatoms. The second kappa shape index (κ2) is 6.39. The molecule has 0 aliphatic carbocycles. The number of rotatable bonds is 3. The summed E-state index contributed by atoms with van der Waals surface area (Å²) in [7, 11) is 0. The van der Waals surface area contributed by atoms with Gasteiger partial charge in [-0.15, -0.1) is 0 Å². The zero-order chi connectivity index (χ0) is 8.15. The molecule has 0 aromatic rings. The van der Waals surface area contributed by atoms with E-state index >= 15 is 0 Å². The Hall–Kier alpha value is -0.320. The molecule has 11 heavy (non-hydrogen) atoms. The molecule has 0 rings (SSSR count). The van der Waals surface area contributed by atoms with Crippen molar-refractivity contribution in [1.82, 2.24) is 0 Å². The second-order valence-electron chi connectivity index (χ2n) is 1.75. The fourth-order valence-corrected chi connectivity index (χ4v) is 0.250. The molecule has 4 nitrogen and oxygen atoms in total. The van der Waals surface area contributed by atoms with Gasteiger partial charge >= 0.3 is 11.9 Å². The topological polar surface area (TPSA) is 63.6 Å². The molecule has 0 bridgehead atoms. The van der Waals surface area contributed by atoms with Gasteiger partial charge in [0.1, 0.15) is 0 Å². The van der Waals surface area contributed by atoms with Gasteiger partial charge in [0.2, 0.25) is 0 Å². The van der Waals surface area contributed by atoms with Crippen LogP contribution in [0.3, 0.4) is 0 Å². The van der Waals surface area contributed by atoms with E-state index in [0.29, 0.717) is 0 Å².